The molecule has 31 heavy (non-hydrogen) atoms. The van der Waals surface area contributed by atoms with Gasteiger partial charge in [0.25, 0.3) is 0 Å². The molecule has 1 amide bonds. The number of halogens is 1. The van der Waals surface area contributed by atoms with Crippen LogP contribution in [0.3, 0.4) is 0 Å². The molecule has 0 heterocycles. The molecule has 7 heteroatoms. The Morgan fingerprint density at radius 1 is 1.13 bits per heavy atom. The maximum atomic E-state index is 12.0. The van der Waals surface area contributed by atoms with E-state index >= 15 is 0 Å². The number of nitrogens with one attached hydrogen (secondary N) is 2. The summed E-state index contributed by atoms with van der Waals surface area (Å²) < 4.78 is 6.00. The number of rotatable bonds is 9. The lowest BCUT2D eigenvalue weighted by atomic mass is 10.1. The quantitative estimate of drug-likeness (QED) is 0.289. The van der Waals surface area contributed by atoms with E-state index in [0.717, 1.165) is 23.5 Å². The molecule has 2 aromatic carbocycles. The molecule has 0 aromatic heterocycles. The van der Waals surface area contributed by atoms with Gasteiger partial charge in [0.2, 0.25) is 5.91 Å². The molecule has 6 nitrogen and oxygen atoms in total. The number of para-hydroxylation sites is 1. The summed E-state index contributed by atoms with van der Waals surface area (Å²) >= 11 is 0. The third-order valence-corrected chi connectivity index (χ3v) is 5.11. The van der Waals surface area contributed by atoms with E-state index < -0.39 is 0 Å². The average molecular weight is 536 g/mol. The maximum absolute atomic E-state index is 12.0. The predicted octanol–water partition coefficient (Wildman–Crippen LogP) is 3.98. The van der Waals surface area contributed by atoms with Crippen molar-refractivity contribution >= 4 is 35.8 Å². The fourth-order valence-corrected chi connectivity index (χ4v) is 2.93. The van der Waals surface area contributed by atoms with Crippen LogP contribution in [-0.4, -0.2) is 44.0 Å². The first kappa shape index (κ1) is 25.0. The summed E-state index contributed by atoms with van der Waals surface area (Å²) in [6.07, 6.45) is 2.52. The van der Waals surface area contributed by atoms with Gasteiger partial charge in [0, 0.05) is 19.7 Å². The molecule has 0 bridgehead atoms. The largest absolute Gasteiger partial charge is 0.493 e. The summed E-state index contributed by atoms with van der Waals surface area (Å²) in [6.45, 7) is 3.49. The molecule has 1 saturated carbocycles. The van der Waals surface area contributed by atoms with Gasteiger partial charge in [0.05, 0.1) is 25.7 Å². The van der Waals surface area contributed by atoms with E-state index in [-0.39, 0.29) is 42.5 Å². The number of ether oxygens (including phenoxy) is 1. The summed E-state index contributed by atoms with van der Waals surface area (Å²) in [5.74, 6) is 2.17. The standard InChI is InChI=1S/C24H32N4O2.HI/c1-18(20-9-5-4-6-10-20)27-24(26-16-23(29)28(2)3)25-15-21-11-7-8-12-22(21)30-17-19-13-14-19;/h4-12,18-19H,13-17H2,1-3H3,(H2,25,26,27);1H. The minimum atomic E-state index is -0.00923. The van der Waals surface area contributed by atoms with Crippen molar-refractivity contribution in [3.8, 4) is 5.75 Å². The topological polar surface area (TPSA) is 66.0 Å². The molecule has 0 spiro atoms. The van der Waals surface area contributed by atoms with Gasteiger partial charge in [-0.25, -0.2) is 4.99 Å². The lowest BCUT2D eigenvalue weighted by Crippen LogP contribution is -2.43. The molecule has 1 aliphatic carbocycles. The average Bonchev–Trinajstić information content (AvgIpc) is 3.59. The van der Waals surface area contributed by atoms with Crippen molar-refractivity contribution in [1.82, 2.24) is 15.5 Å². The number of hydrogen-bond acceptors (Lipinski definition) is 3. The fraction of sp³-hybridized carbons (Fsp3) is 0.417. The van der Waals surface area contributed by atoms with E-state index in [0.29, 0.717) is 18.4 Å². The first-order valence-electron chi connectivity index (χ1n) is 10.5. The minimum absolute atomic E-state index is 0. The van der Waals surface area contributed by atoms with Gasteiger partial charge in [0.15, 0.2) is 5.96 Å². The predicted molar refractivity (Wildman–Crippen MR) is 136 cm³/mol. The number of aliphatic imine (C=N–C) groups is 1. The Hall–Kier alpha value is -2.29. The molecule has 1 fully saturated rings. The summed E-state index contributed by atoms with van der Waals surface area (Å²) in [5, 5.41) is 6.56. The van der Waals surface area contributed by atoms with Gasteiger partial charge >= 0.3 is 0 Å². The van der Waals surface area contributed by atoms with Crippen LogP contribution >= 0.6 is 24.0 Å². The second kappa shape index (κ2) is 12.5. The van der Waals surface area contributed by atoms with Gasteiger partial charge in [0.1, 0.15) is 5.75 Å². The minimum Gasteiger partial charge on any atom is -0.493 e. The van der Waals surface area contributed by atoms with Crippen molar-refractivity contribution in [3.05, 3.63) is 65.7 Å². The summed E-state index contributed by atoms with van der Waals surface area (Å²) in [7, 11) is 3.49. The van der Waals surface area contributed by atoms with Gasteiger partial charge in [-0.05, 0) is 37.3 Å². The van der Waals surface area contributed by atoms with E-state index in [1.54, 1.807) is 19.0 Å². The Bertz CT molecular complexity index is 854. The number of nitrogens with zero attached hydrogens (tertiary/aromatic N) is 2. The van der Waals surface area contributed by atoms with Crippen molar-refractivity contribution in [2.24, 2.45) is 10.9 Å². The Labute approximate surface area is 202 Å². The van der Waals surface area contributed by atoms with Gasteiger partial charge < -0.3 is 20.3 Å². The van der Waals surface area contributed by atoms with E-state index in [9.17, 15) is 4.79 Å². The third-order valence-electron chi connectivity index (χ3n) is 5.11. The van der Waals surface area contributed by atoms with Crippen LogP contribution in [0.2, 0.25) is 0 Å². The first-order chi connectivity index (χ1) is 14.5. The smallest absolute Gasteiger partial charge is 0.241 e. The van der Waals surface area contributed by atoms with Crippen molar-refractivity contribution in [2.75, 3.05) is 27.2 Å². The SMILES string of the molecule is CC(NC(=NCc1ccccc1OCC1CC1)NCC(=O)N(C)C)c1ccccc1.I. The molecule has 3 rings (SSSR count). The fourth-order valence-electron chi connectivity index (χ4n) is 2.93. The summed E-state index contributed by atoms with van der Waals surface area (Å²) in [6, 6.07) is 18.2. The molecule has 1 unspecified atom stereocenters. The van der Waals surface area contributed by atoms with E-state index in [4.69, 9.17) is 9.73 Å². The zero-order chi connectivity index (χ0) is 21.3. The maximum Gasteiger partial charge on any atom is 0.241 e. The number of hydrogen-bond donors (Lipinski definition) is 2. The number of carbonyl (C=O) groups is 1. The van der Waals surface area contributed by atoms with Crippen LogP contribution in [0.1, 0.15) is 36.9 Å². The summed E-state index contributed by atoms with van der Waals surface area (Å²) in [4.78, 5) is 18.3. The van der Waals surface area contributed by atoms with Gasteiger partial charge in [-0.1, -0.05) is 48.5 Å². The highest BCUT2D eigenvalue weighted by Gasteiger charge is 2.22. The molecule has 1 atom stereocenters. The lowest BCUT2D eigenvalue weighted by molar-refractivity contribution is -0.127. The van der Waals surface area contributed by atoms with Crippen LogP contribution < -0.4 is 15.4 Å². The molecular formula is C24H33IN4O2. The molecule has 2 aromatic rings. The van der Waals surface area contributed by atoms with Gasteiger partial charge in [-0.2, -0.15) is 0 Å². The summed E-state index contributed by atoms with van der Waals surface area (Å²) in [5.41, 5.74) is 2.18. The van der Waals surface area contributed by atoms with Crippen LogP contribution in [0.15, 0.2) is 59.6 Å². The monoisotopic (exact) mass is 536 g/mol. The molecule has 0 saturated heterocycles. The Kier molecular flexibility index (Phi) is 10.1. The van der Waals surface area contributed by atoms with Crippen LogP contribution in [0.25, 0.3) is 0 Å². The highest BCUT2D eigenvalue weighted by molar-refractivity contribution is 14.0. The Morgan fingerprint density at radius 3 is 2.48 bits per heavy atom. The number of benzene rings is 2. The first-order valence-corrected chi connectivity index (χ1v) is 10.5. The normalized spacial score (nSPS) is 14.2. The van der Waals surface area contributed by atoms with E-state index in [2.05, 4.69) is 29.7 Å². The Morgan fingerprint density at radius 2 is 1.81 bits per heavy atom. The van der Waals surface area contributed by atoms with Crippen LogP contribution in [-0.2, 0) is 11.3 Å². The number of guanidine groups is 1. The van der Waals surface area contributed by atoms with Crippen molar-refractivity contribution < 1.29 is 9.53 Å². The zero-order valence-electron chi connectivity index (χ0n) is 18.5. The van der Waals surface area contributed by atoms with Gasteiger partial charge in [-0.3, -0.25) is 4.79 Å². The van der Waals surface area contributed by atoms with Crippen LogP contribution in [0.5, 0.6) is 5.75 Å². The third kappa shape index (κ3) is 8.40. The molecule has 1 aliphatic rings. The highest BCUT2D eigenvalue weighted by atomic mass is 127. The molecule has 0 radical (unpaired) electrons. The van der Waals surface area contributed by atoms with E-state index in [1.807, 2.05) is 42.5 Å². The molecule has 2 N–H and O–H groups in total. The van der Waals surface area contributed by atoms with Crippen LogP contribution in [0, 0.1) is 5.92 Å². The second-order valence-electron chi connectivity index (χ2n) is 7.95. The van der Waals surface area contributed by atoms with Crippen LogP contribution in [0.4, 0.5) is 0 Å². The number of amides is 1. The molecule has 168 valence electrons. The second-order valence-corrected chi connectivity index (χ2v) is 7.95. The Balaban J connectivity index is 0.00000341. The number of carbonyl (C=O) groups excluding carboxylic acids is 1. The zero-order valence-corrected chi connectivity index (χ0v) is 20.8. The lowest BCUT2D eigenvalue weighted by Gasteiger charge is -2.20. The highest BCUT2D eigenvalue weighted by Crippen LogP contribution is 2.30. The van der Waals surface area contributed by atoms with E-state index in [1.165, 1.54) is 12.8 Å². The molecular weight excluding hydrogens is 503 g/mol. The van der Waals surface area contributed by atoms with Crippen molar-refractivity contribution in [2.45, 2.75) is 32.4 Å². The number of likely N-dealkylation sites (N-methyl/N-ethyl adjacent to an activating group) is 1. The molecule has 0 aliphatic heterocycles. The van der Waals surface area contributed by atoms with Crippen molar-refractivity contribution in [1.29, 1.82) is 0 Å². The van der Waals surface area contributed by atoms with Gasteiger partial charge in [-0.15, -0.1) is 24.0 Å². The van der Waals surface area contributed by atoms with Crippen molar-refractivity contribution in [3.63, 3.8) is 0 Å².